The molecule has 1 aromatic heterocycles. The van der Waals surface area contributed by atoms with Gasteiger partial charge < -0.3 is 5.32 Å². The Morgan fingerprint density at radius 3 is 3.15 bits per heavy atom. The molecule has 0 atom stereocenters. The molecule has 0 bridgehead atoms. The lowest BCUT2D eigenvalue weighted by molar-refractivity contribution is 0.637. The molecule has 0 saturated heterocycles. The highest BCUT2D eigenvalue weighted by Gasteiger charge is 1.93. The van der Waals surface area contributed by atoms with Gasteiger partial charge in [0.25, 0.3) is 0 Å². The van der Waals surface area contributed by atoms with Crippen LogP contribution >= 0.6 is 23.1 Å². The molecule has 0 amide bonds. The molecule has 4 heteroatoms. The van der Waals surface area contributed by atoms with Crippen molar-refractivity contribution in [3.8, 4) is 0 Å². The van der Waals surface area contributed by atoms with Crippen molar-refractivity contribution in [2.75, 3.05) is 18.6 Å². The Balaban J connectivity index is 1.90. The summed E-state index contributed by atoms with van der Waals surface area (Å²) in [6.07, 6.45) is 4.74. The maximum atomic E-state index is 4.20. The number of nitrogens with zero attached hydrogens (tertiary/aromatic N) is 1. The summed E-state index contributed by atoms with van der Waals surface area (Å²) in [6.45, 7) is 2.03. The van der Waals surface area contributed by atoms with Gasteiger partial charge in [0.1, 0.15) is 0 Å². The molecule has 0 radical (unpaired) electrons. The van der Waals surface area contributed by atoms with Gasteiger partial charge in [0.2, 0.25) is 0 Å². The molecule has 0 aliphatic heterocycles. The molecule has 1 rings (SSSR count). The van der Waals surface area contributed by atoms with E-state index in [0.29, 0.717) is 0 Å². The Morgan fingerprint density at radius 2 is 2.46 bits per heavy atom. The molecule has 13 heavy (non-hydrogen) atoms. The lowest BCUT2D eigenvalue weighted by Crippen LogP contribution is -2.14. The molecule has 1 heterocycles. The zero-order valence-electron chi connectivity index (χ0n) is 7.95. The van der Waals surface area contributed by atoms with E-state index in [-0.39, 0.29) is 0 Å². The smallest absolute Gasteiger partial charge is 0.0795 e. The molecule has 1 N–H and O–H groups in total. The summed E-state index contributed by atoms with van der Waals surface area (Å²) in [5.74, 6) is 1.28. The van der Waals surface area contributed by atoms with E-state index in [1.165, 1.54) is 18.6 Å². The third kappa shape index (κ3) is 5.29. The molecular weight excluding hydrogens is 200 g/mol. The van der Waals surface area contributed by atoms with Crippen LogP contribution in [0.1, 0.15) is 18.5 Å². The van der Waals surface area contributed by atoms with Crippen molar-refractivity contribution in [1.82, 2.24) is 10.3 Å². The highest BCUT2D eigenvalue weighted by atomic mass is 32.2. The lowest BCUT2D eigenvalue weighted by Gasteiger charge is -2.01. The first-order chi connectivity index (χ1) is 6.43. The quantitative estimate of drug-likeness (QED) is 0.708. The summed E-state index contributed by atoms with van der Waals surface area (Å²) < 4.78 is 0. The molecular formula is C9H16N2S2. The normalized spacial score (nSPS) is 10.5. The van der Waals surface area contributed by atoms with Crippen LogP contribution in [0.15, 0.2) is 10.9 Å². The van der Waals surface area contributed by atoms with Gasteiger partial charge in [0.15, 0.2) is 0 Å². The second-order valence-corrected chi connectivity index (χ2v) is 4.56. The van der Waals surface area contributed by atoms with Crippen molar-refractivity contribution in [3.05, 3.63) is 16.6 Å². The van der Waals surface area contributed by atoms with E-state index < -0.39 is 0 Å². The van der Waals surface area contributed by atoms with Gasteiger partial charge >= 0.3 is 0 Å². The number of thiazole rings is 1. The predicted octanol–water partition coefficient (Wildman–Crippen LogP) is 2.38. The summed E-state index contributed by atoms with van der Waals surface area (Å²) in [7, 11) is 0. The number of hydrogen-bond donors (Lipinski definition) is 1. The lowest BCUT2D eigenvalue weighted by atomic mass is 10.3. The molecule has 0 fully saturated rings. The van der Waals surface area contributed by atoms with Crippen molar-refractivity contribution < 1.29 is 0 Å². The topological polar surface area (TPSA) is 24.9 Å². The average molecular weight is 216 g/mol. The van der Waals surface area contributed by atoms with Crippen LogP contribution in [0.25, 0.3) is 0 Å². The molecule has 0 aromatic carbocycles. The first-order valence-corrected chi connectivity index (χ1v) is 6.84. The predicted molar refractivity (Wildman–Crippen MR) is 61.4 cm³/mol. The van der Waals surface area contributed by atoms with Crippen LogP contribution in [0.4, 0.5) is 0 Å². The maximum Gasteiger partial charge on any atom is 0.0795 e. The largest absolute Gasteiger partial charge is 0.311 e. The van der Waals surface area contributed by atoms with Crippen LogP contribution in [0.3, 0.4) is 0 Å². The minimum Gasteiger partial charge on any atom is -0.311 e. The molecule has 1 aromatic rings. The Bertz CT molecular complexity index is 199. The van der Waals surface area contributed by atoms with Crippen LogP contribution in [0.2, 0.25) is 0 Å². The van der Waals surface area contributed by atoms with Crippen LogP contribution in [-0.2, 0) is 6.54 Å². The molecule has 74 valence electrons. The van der Waals surface area contributed by atoms with Crippen molar-refractivity contribution >= 4 is 23.1 Å². The molecule has 0 spiro atoms. The van der Waals surface area contributed by atoms with E-state index in [1.807, 2.05) is 17.3 Å². The van der Waals surface area contributed by atoms with Crippen molar-refractivity contribution in [1.29, 1.82) is 0 Å². The van der Waals surface area contributed by atoms with Crippen LogP contribution in [0, 0.1) is 0 Å². The second kappa shape index (κ2) is 7.35. The molecule has 2 nitrogen and oxygen atoms in total. The summed E-state index contributed by atoms with van der Waals surface area (Å²) in [5.41, 5.74) is 3.04. The monoisotopic (exact) mass is 216 g/mol. The third-order valence-corrected chi connectivity index (χ3v) is 3.07. The summed E-state index contributed by atoms with van der Waals surface area (Å²) in [4.78, 5) is 4.20. The Hall–Kier alpha value is -0.0600. The zero-order valence-corrected chi connectivity index (χ0v) is 9.59. The SMILES string of the molecule is CSCCCCNCc1cscn1. The number of thioether (sulfide) groups is 1. The van der Waals surface area contributed by atoms with Crippen molar-refractivity contribution in [2.45, 2.75) is 19.4 Å². The fraction of sp³-hybridized carbons (Fsp3) is 0.667. The average Bonchev–Trinajstić information content (AvgIpc) is 2.63. The summed E-state index contributed by atoms with van der Waals surface area (Å²) in [5, 5.41) is 5.47. The van der Waals surface area contributed by atoms with Gasteiger partial charge in [0, 0.05) is 11.9 Å². The highest BCUT2D eigenvalue weighted by molar-refractivity contribution is 7.98. The Labute approximate surface area is 88.2 Å². The number of nitrogens with one attached hydrogen (secondary N) is 1. The Morgan fingerprint density at radius 1 is 1.54 bits per heavy atom. The highest BCUT2D eigenvalue weighted by Crippen LogP contribution is 2.01. The van der Waals surface area contributed by atoms with Gasteiger partial charge in [-0.1, -0.05) is 0 Å². The van der Waals surface area contributed by atoms with E-state index in [1.54, 1.807) is 11.3 Å². The standard InChI is InChI=1S/C9H16N2S2/c1-12-5-3-2-4-10-6-9-7-13-8-11-9/h7-8,10H,2-6H2,1H3. The Kier molecular flexibility index (Phi) is 6.23. The zero-order chi connectivity index (χ0) is 9.36. The fourth-order valence-electron chi connectivity index (χ4n) is 1.04. The second-order valence-electron chi connectivity index (χ2n) is 2.86. The minimum atomic E-state index is 0.919. The maximum absolute atomic E-state index is 4.20. The molecule has 0 saturated carbocycles. The molecule has 0 aliphatic rings. The number of unbranched alkanes of at least 4 members (excludes halogenated alkanes) is 1. The van der Waals surface area contributed by atoms with Gasteiger partial charge in [-0.25, -0.2) is 4.98 Å². The van der Waals surface area contributed by atoms with Crippen LogP contribution < -0.4 is 5.32 Å². The molecule has 0 aliphatic carbocycles. The van der Waals surface area contributed by atoms with Gasteiger partial charge in [-0.3, -0.25) is 0 Å². The van der Waals surface area contributed by atoms with Gasteiger partial charge in [-0.05, 0) is 31.4 Å². The number of aromatic nitrogens is 1. The number of rotatable bonds is 7. The summed E-state index contributed by atoms with van der Waals surface area (Å²) >= 11 is 3.58. The van der Waals surface area contributed by atoms with Gasteiger partial charge in [-0.15, -0.1) is 11.3 Å². The van der Waals surface area contributed by atoms with E-state index in [9.17, 15) is 0 Å². The van der Waals surface area contributed by atoms with E-state index in [2.05, 4.69) is 21.9 Å². The third-order valence-electron chi connectivity index (χ3n) is 1.74. The van der Waals surface area contributed by atoms with E-state index >= 15 is 0 Å². The van der Waals surface area contributed by atoms with Crippen molar-refractivity contribution in [2.24, 2.45) is 0 Å². The van der Waals surface area contributed by atoms with Crippen molar-refractivity contribution in [3.63, 3.8) is 0 Å². The van der Waals surface area contributed by atoms with Gasteiger partial charge in [-0.2, -0.15) is 11.8 Å². The van der Waals surface area contributed by atoms with Gasteiger partial charge in [0.05, 0.1) is 11.2 Å². The molecule has 0 unspecified atom stereocenters. The van der Waals surface area contributed by atoms with E-state index in [0.717, 1.165) is 18.8 Å². The van der Waals surface area contributed by atoms with E-state index in [4.69, 9.17) is 0 Å². The fourth-order valence-corrected chi connectivity index (χ4v) is 2.09. The van der Waals surface area contributed by atoms with Crippen LogP contribution in [0.5, 0.6) is 0 Å². The van der Waals surface area contributed by atoms with Crippen LogP contribution in [-0.4, -0.2) is 23.5 Å². The minimum absolute atomic E-state index is 0.919. The first kappa shape index (κ1) is 11.0. The number of hydrogen-bond acceptors (Lipinski definition) is 4. The first-order valence-electron chi connectivity index (χ1n) is 4.50. The summed E-state index contributed by atoms with van der Waals surface area (Å²) in [6, 6.07) is 0.